The molecule has 1 saturated heterocycles. The Hall–Kier alpha value is -2.58. The maximum absolute atomic E-state index is 13.3. The lowest BCUT2D eigenvalue weighted by atomic mass is 10.1. The maximum Gasteiger partial charge on any atom is 0.225 e. The van der Waals surface area contributed by atoms with Gasteiger partial charge in [-0.1, -0.05) is 0 Å². The fourth-order valence-corrected chi connectivity index (χ4v) is 3.24. The average Bonchev–Trinajstić information content (AvgIpc) is 3.13. The normalized spacial score (nSPS) is 17.3. The van der Waals surface area contributed by atoms with Gasteiger partial charge in [-0.05, 0) is 49.9 Å². The van der Waals surface area contributed by atoms with Crippen molar-refractivity contribution in [1.29, 1.82) is 0 Å². The molecule has 2 N–H and O–H groups in total. The summed E-state index contributed by atoms with van der Waals surface area (Å²) in [5.41, 5.74) is 2.75. The molecule has 3 aromatic rings. The minimum Gasteiger partial charge on any atom is -0.396 e. The molecule has 27 heavy (non-hydrogen) atoms. The quantitative estimate of drug-likeness (QED) is 0.648. The number of rotatable bonds is 6. The van der Waals surface area contributed by atoms with E-state index >= 15 is 0 Å². The Balaban J connectivity index is 1.79. The number of imidazole rings is 1. The molecule has 1 fully saturated rings. The Labute approximate surface area is 156 Å². The summed E-state index contributed by atoms with van der Waals surface area (Å²) in [4.78, 5) is 13.7. The minimum absolute atomic E-state index is 0.0912. The van der Waals surface area contributed by atoms with Crippen LogP contribution < -0.4 is 5.32 Å². The van der Waals surface area contributed by atoms with E-state index in [4.69, 9.17) is 9.84 Å². The van der Waals surface area contributed by atoms with Gasteiger partial charge in [0.2, 0.25) is 5.95 Å². The summed E-state index contributed by atoms with van der Waals surface area (Å²) in [6.45, 7) is 1.37. The first-order chi connectivity index (χ1) is 13.3. The highest BCUT2D eigenvalue weighted by Crippen LogP contribution is 2.30. The highest BCUT2D eigenvalue weighted by molar-refractivity contribution is 5.88. The molecule has 1 aromatic carbocycles. The lowest BCUT2D eigenvalue weighted by Gasteiger charge is -2.23. The number of nitrogens with zero attached hydrogens (tertiary/aromatic N) is 4. The van der Waals surface area contributed by atoms with E-state index < -0.39 is 0 Å². The molecule has 0 aliphatic carbocycles. The van der Waals surface area contributed by atoms with Crippen LogP contribution in [0.15, 0.2) is 30.6 Å². The molecule has 3 heterocycles. The number of halogens is 1. The minimum atomic E-state index is -0.300. The molecule has 1 unspecified atom stereocenters. The van der Waals surface area contributed by atoms with Crippen molar-refractivity contribution in [3.05, 3.63) is 36.4 Å². The maximum atomic E-state index is 13.3. The SMILES string of the molecule is OCCCNc1nc(-c2ccc(F)cc2)c2ncn(C3CCCCO3)c2n1. The predicted molar refractivity (Wildman–Crippen MR) is 99.7 cm³/mol. The average molecular weight is 371 g/mol. The fourth-order valence-electron chi connectivity index (χ4n) is 3.24. The molecule has 0 spiro atoms. The number of aliphatic hydroxyl groups is 1. The van der Waals surface area contributed by atoms with Crippen molar-refractivity contribution in [2.75, 3.05) is 25.1 Å². The molecule has 4 rings (SSSR count). The third-order valence-electron chi connectivity index (χ3n) is 4.62. The van der Waals surface area contributed by atoms with E-state index in [-0.39, 0.29) is 18.7 Å². The van der Waals surface area contributed by atoms with E-state index in [2.05, 4.69) is 20.3 Å². The van der Waals surface area contributed by atoms with Gasteiger partial charge in [-0.2, -0.15) is 4.98 Å². The van der Waals surface area contributed by atoms with Crippen LogP contribution in [0.1, 0.15) is 31.9 Å². The molecule has 1 aliphatic rings. The largest absolute Gasteiger partial charge is 0.396 e. The van der Waals surface area contributed by atoms with Crippen molar-refractivity contribution in [2.24, 2.45) is 0 Å². The lowest BCUT2D eigenvalue weighted by molar-refractivity contribution is -0.0298. The van der Waals surface area contributed by atoms with Gasteiger partial charge in [0.05, 0.1) is 6.33 Å². The van der Waals surface area contributed by atoms with E-state index in [0.717, 1.165) is 31.4 Å². The van der Waals surface area contributed by atoms with E-state index in [1.807, 2.05) is 4.57 Å². The molecule has 142 valence electrons. The Kier molecular flexibility index (Phi) is 5.26. The summed E-state index contributed by atoms with van der Waals surface area (Å²) in [5.74, 6) is 0.152. The van der Waals surface area contributed by atoms with Gasteiger partial charge < -0.3 is 15.2 Å². The Morgan fingerprint density at radius 3 is 2.81 bits per heavy atom. The van der Waals surface area contributed by atoms with Crippen LogP contribution in [0.4, 0.5) is 10.3 Å². The van der Waals surface area contributed by atoms with Crippen molar-refractivity contribution < 1.29 is 14.2 Å². The van der Waals surface area contributed by atoms with Crippen LogP contribution in [-0.4, -0.2) is 44.4 Å². The van der Waals surface area contributed by atoms with Gasteiger partial charge in [-0.25, -0.2) is 14.4 Å². The van der Waals surface area contributed by atoms with Crippen LogP contribution in [0, 0.1) is 5.82 Å². The van der Waals surface area contributed by atoms with Gasteiger partial charge in [0.15, 0.2) is 5.65 Å². The highest BCUT2D eigenvalue weighted by atomic mass is 19.1. The number of aromatic nitrogens is 4. The van der Waals surface area contributed by atoms with Crippen molar-refractivity contribution in [3.8, 4) is 11.3 Å². The van der Waals surface area contributed by atoms with Crippen LogP contribution in [0.3, 0.4) is 0 Å². The number of fused-ring (bicyclic) bond motifs is 1. The Morgan fingerprint density at radius 1 is 1.22 bits per heavy atom. The smallest absolute Gasteiger partial charge is 0.225 e. The zero-order valence-electron chi connectivity index (χ0n) is 14.9. The number of aliphatic hydroxyl groups excluding tert-OH is 1. The van der Waals surface area contributed by atoms with Crippen LogP contribution in [0.25, 0.3) is 22.4 Å². The number of nitrogens with one attached hydrogen (secondary N) is 1. The Morgan fingerprint density at radius 2 is 2.07 bits per heavy atom. The summed E-state index contributed by atoms with van der Waals surface area (Å²) in [6.07, 6.45) is 5.31. The van der Waals surface area contributed by atoms with Gasteiger partial charge in [-0.15, -0.1) is 0 Å². The van der Waals surface area contributed by atoms with E-state index in [0.29, 0.717) is 35.8 Å². The molecule has 1 atom stereocenters. The van der Waals surface area contributed by atoms with Crippen LogP contribution >= 0.6 is 0 Å². The number of benzene rings is 1. The molecule has 7 nitrogen and oxygen atoms in total. The molecule has 1 aliphatic heterocycles. The number of ether oxygens (including phenoxy) is 1. The van der Waals surface area contributed by atoms with Crippen molar-refractivity contribution in [1.82, 2.24) is 19.5 Å². The first-order valence-electron chi connectivity index (χ1n) is 9.23. The summed E-state index contributed by atoms with van der Waals surface area (Å²) >= 11 is 0. The van der Waals surface area contributed by atoms with Crippen molar-refractivity contribution in [3.63, 3.8) is 0 Å². The topological polar surface area (TPSA) is 85.1 Å². The molecule has 2 aromatic heterocycles. The molecule has 0 bridgehead atoms. The molecular weight excluding hydrogens is 349 g/mol. The predicted octanol–water partition coefficient (Wildman–Crippen LogP) is 3.13. The third kappa shape index (κ3) is 3.77. The second-order valence-electron chi connectivity index (χ2n) is 6.55. The zero-order chi connectivity index (χ0) is 18.6. The fraction of sp³-hybridized carbons (Fsp3) is 0.421. The monoisotopic (exact) mass is 371 g/mol. The van der Waals surface area contributed by atoms with E-state index in [9.17, 15) is 4.39 Å². The van der Waals surface area contributed by atoms with Crippen LogP contribution in [0.2, 0.25) is 0 Å². The number of hydrogen-bond acceptors (Lipinski definition) is 6. The summed E-state index contributed by atoms with van der Waals surface area (Å²) in [6, 6.07) is 6.18. The second kappa shape index (κ2) is 7.98. The van der Waals surface area contributed by atoms with Crippen LogP contribution in [-0.2, 0) is 4.74 Å². The number of hydrogen-bond donors (Lipinski definition) is 2. The molecule has 0 radical (unpaired) electrons. The highest BCUT2D eigenvalue weighted by Gasteiger charge is 2.21. The van der Waals surface area contributed by atoms with E-state index in [1.165, 1.54) is 12.1 Å². The van der Waals surface area contributed by atoms with Gasteiger partial charge >= 0.3 is 0 Å². The summed E-state index contributed by atoms with van der Waals surface area (Å²) in [5, 5.41) is 12.1. The number of anilines is 1. The van der Waals surface area contributed by atoms with Gasteiger partial charge in [0, 0.05) is 25.3 Å². The van der Waals surface area contributed by atoms with Crippen molar-refractivity contribution in [2.45, 2.75) is 31.9 Å². The molecule has 0 amide bonds. The van der Waals surface area contributed by atoms with Crippen molar-refractivity contribution >= 4 is 17.1 Å². The first kappa shape index (κ1) is 17.8. The molecule has 0 saturated carbocycles. The van der Waals surface area contributed by atoms with Crippen LogP contribution in [0.5, 0.6) is 0 Å². The zero-order valence-corrected chi connectivity index (χ0v) is 14.9. The second-order valence-corrected chi connectivity index (χ2v) is 6.55. The summed E-state index contributed by atoms with van der Waals surface area (Å²) < 4.78 is 21.2. The van der Waals surface area contributed by atoms with Gasteiger partial charge in [-0.3, -0.25) is 4.57 Å². The summed E-state index contributed by atoms with van der Waals surface area (Å²) in [7, 11) is 0. The standard InChI is InChI=1S/C19H22FN5O2/c20-14-7-5-13(6-8-14)16-17-18(24-19(23-16)21-9-3-10-26)25(12-22-17)15-4-1-2-11-27-15/h5-8,12,15,26H,1-4,9-11H2,(H,21,23,24). The molecule has 8 heteroatoms. The lowest BCUT2D eigenvalue weighted by Crippen LogP contribution is -2.18. The Bertz CT molecular complexity index is 906. The first-order valence-corrected chi connectivity index (χ1v) is 9.23. The van der Waals surface area contributed by atoms with Gasteiger partial charge in [0.1, 0.15) is 23.3 Å². The van der Waals surface area contributed by atoms with E-state index in [1.54, 1.807) is 18.5 Å². The van der Waals surface area contributed by atoms with Gasteiger partial charge in [0.25, 0.3) is 0 Å². The molecular formula is C19H22FN5O2. The third-order valence-corrected chi connectivity index (χ3v) is 4.62.